The van der Waals surface area contributed by atoms with Crippen LogP contribution < -0.4 is 0 Å². The Hall–Kier alpha value is 0.0300. The highest BCUT2D eigenvalue weighted by molar-refractivity contribution is 7.51. The molecule has 4 N–H and O–H groups in total. The number of likely N-dealkylation sites (N-methyl/N-ethyl adjacent to an activating group) is 1. The van der Waals surface area contributed by atoms with Gasteiger partial charge in [-0.2, -0.15) is 0 Å². The van der Waals surface area contributed by atoms with Gasteiger partial charge in [0.1, 0.15) is 6.29 Å². The predicted molar refractivity (Wildman–Crippen MR) is 37.8 cm³/mol. The molecule has 0 aromatic heterocycles. The highest BCUT2D eigenvalue weighted by Crippen LogP contribution is 2.34. The van der Waals surface area contributed by atoms with Crippen LogP contribution in [0.1, 0.15) is 0 Å². The normalized spacial score (nSPS) is 13.0. The third-order valence-corrected chi connectivity index (χ3v) is 1.75. The third kappa shape index (κ3) is 7.93. The van der Waals surface area contributed by atoms with Gasteiger partial charge in [-0.25, -0.2) is 0 Å². The van der Waals surface area contributed by atoms with Crippen LogP contribution in [0, 0.1) is 0 Å². The summed E-state index contributed by atoms with van der Waals surface area (Å²) in [7, 11) is -2.69. The molecule has 0 aromatic rings. The maximum absolute atomic E-state index is 10.3. The van der Waals surface area contributed by atoms with Gasteiger partial charge in [0.05, 0.1) is 0 Å². The predicted octanol–water partition coefficient (Wildman–Crippen LogP) is -1.64. The summed E-state index contributed by atoms with van der Waals surface area (Å²) in [5.74, 6) is 0. The summed E-state index contributed by atoms with van der Waals surface area (Å²) in [6, 6.07) is 0. The molecule has 0 aromatic carbocycles. The molecule has 0 heterocycles. The van der Waals surface area contributed by atoms with E-state index in [-0.39, 0.29) is 6.54 Å². The quantitative estimate of drug-likeness (QED) is 0.309. The average molecular weight is 185 g/mol. The highest BCUT2D eigenvalue weighted by Gasteiger charge is 2.17. The molecule has 11 heavy (non-hydrogen) atoms. The van der Waals surface area contributed by atoms with E-state index >= 15 is 0 Å². The fourth-order valence-corrected chi connectivity index (χ4v) is 1.40. The van der Waals surface area contributed by atoms with Crippen molar-refractivity contribution in [2.75, 3.05) is 19.9 Å². The molecule has 68 valence electrons. The number of aliphatic hydroxyl groups excluding tert-OH is 1. The molecule has 6 nitrogen and oxygen atoms in total. The van der Waals surface area contributed by atoms with E-state index in [1.54, 1.807) is 0 Å². The molecule has 0 bridgehead atoms. The maximum Gasteiger partial charge on any atom is 0.339 e. The monoisotopic (exact) mass is 185 g/mol. The maximum atomic E-state index is 10.3. The van der Waals surface area contributed by atoms with Crippen molar-refractivity contribution in [1.29, 1.82) is 0 Å². The molecule has 0 aliphatic carbocycles. The molecule has 0 aliphatic heterocycles. The van der Waals surface area contributed by atoms with Crippen LogP contribution in [0.25, 0.3) is 0 Å². The minimum absolute atomic E-state index is 0.175. The van der Waals surface area contributed by atoms with Gasteiger partial charge in [-0.15, -0.1) is 0 Å². The molecule has 7 heteroatoms. The zero-order chi connectivity index (χ0) is 9.07. The smallest absolute Gasteiger partial charge is 0.339 e. The first-order valence-electron chi connectivity index (χ1n) is 2.90. The minimum atomic E-state index is -4.07. The van der Waals surface area contributed by atoms with E-state index in [1.807, 2.05) is 0 Å². The lowest BCUT2D eigenvalue weighted by molar-refractivity contribution is -0.0552. The van der Waals surface area contributed by atoms with Crippen molar-refractivity contribution in [2.24, 2.45) is 0 Å². The van der Waals surface area contributed by atoms with Gasteiger partial charge in [-0.3, -0.25) is 9.46 Å². The highest BCUT2D eigenvalue weighted by atomic mass is 31.2. The van der Waals surface area contributed by atoms with E-state index in [0.29, 0.717) is 0 Å². The summed E-state index contributed by atoms with van der Waals surface area (Å²) in [5, 5.41) is 16.8. The zero-order valence-corrected chi connectivity index (χ0v) is 6.98. The Bertz CT molecular complexity index is 155. The average Bonchev–Trinajstić information content (AvgIpc) is 1.53. The lowest BCUT2D eigenvalue weighted by Crippen LogP contribution is -2.29. The SMILES string of the molecule is CN(CC(O)O)CP(=O)(O)O. The summed E-state index contributed by atoms with van der Waals surface area (Å²) in [4.78, 5) is 18.0. The largest absolute Gasteiger partial charge is 0.367 e. The lowest BCUT2D eigenvalue weighted by atomic mass is 10.6. The van der Waals surface area contributed by atoms with Crippen LogP contribution >= 0.6 is 7.60 Å². The van der Waals surface area contributed by atoms with Gasteiger partial charge in [0.2, 0.25) is 0 Å². The van der Waals surface area contributed by atoms with Crippen LogP contribution in [0.3, 0.4) is 0 Å². The Labute approximate surface area is 64.2 Å². The second-order valence-electron chi connectivity index (χ2n) is 2.33. The Kier molecular flexibility index (Phi) is 4.17. The van der Waals surface area contributed by atoms with Crippen molar-refractivity contribution in [1.82, 2.24) is 4.90 Å². The third-order valence-electron chi connectivity index (χ3n) is 0.901. The molecular weight excluding hydrogens is 173 g/mol. The Balaban J connectivity index is 3.70. The van der Waals surface area contributed by atoms with E-state index in [1.165, 1.54) is 7.05 Å². The fraction of sp³-hybridized carbons (Fsp3) is 1.00. The Morgan fingerprint density at radius 1 is 1.45 bits per heavy atom. The van der Waals surface area contributed by atoms with Crippen molar-refractivity contribution in [3.05, 3.63) is 0 Å². The molecule has 0 aliphatic rings. The first-order chi connectivity index (χ1) is 4.81. The second-order valence-corrected chi connectivity index (χ2v) is 3.94. The summed E-state index contributed by atoms with van der Waals surface area (Å²) >= 11 is 0. The molecule has 0 atom stereocenters. The van der Waals surface area contributed by atoms with E-state index in [0.717, 1.165) is 4.90 Å². The molecular formula is C4H12NO5P. The molecule has 0 spiro atoms. The number of nitrogens with zero attached hydrogens (tertiary/aromatic N) is 1. The molecule has 0 saturated heterocycles. The van der Waals surface area contributed by atoms with Gasteiger partial charge < -0.3 is 20.0 Å². The molecule has 0 unspecified atom stereocenters. The van der Waals surface area contributed by atoms with Gasteiger partial charge >= 0.3 is 7.60 Å². The van der Waals surface area contributed by atoms with E-state index in [4.69, 9.17) is 20.0 Å². The summed E-state index contributed by atoms with van der Waals surface area (Å²) < 4.78 is 10.3. The van der Waals surface area contributed by atoms with Crippen LogP contribution in [0.15, 0.2) is 0 Å². The van der Waals surface area contributed by atoms with Crippen molar-refractivity contribution in [3.8, 4) is 0 Å². The van der Waals surface area contributed by atoms with Gasteiger partial charge in [-0.1, -0.05) is 0 Å². The van der Waals surface area contributed by atoms with Gasteiger partial charge in [-0.05, 0) is 7.05 Å². The van der Waals surface area contributed by atoms with Crippen LogP contribution in [-0.2, 0) is 4.57 Å². The Morgan fingerprint density at radius 3 is 2.18 bits per heavy atom. The molecule has 0 rings (SSSR count). The zero-order valence-electron chi connectivity index (χ0n) is 6.08. The van der Waals surface area contributed by atoms with Crippen LogP contribution in [0.5, 0.6) is 0 Å². The standard InChI is InChI=1S/C4H12NO5P/c1-5(2-4(6)7)3-11(8,9)10/h4,6-7H,2-3H2,1H3,(H2,8,9,10). The molecule has 0 saturated carbocycles. The van der Waals surface area contributed by atoms with Gasteiger partial charge in [0, 0.05) is 6.54 Å². The first-order valence-corrected chi connectivity index (χ1v) is 4.70. The van der Waals surface area contributed by atoms with Crippen molar-refractivity contribution < 1.29 is 24.6 Å². The lowest BCUT2D eigenvalue weighted by Gasteiger charge is -2.17. The van der Waals surface area contributed by atoms with Gasteiger partial charge in [0.15, 0.2) is 6.29 Å². The summed E-state index contributed by atoms with van der Waals surface area (Å²) in [5.41, 5.74) is 0. The van der Waals surface area contributed by atoms with Gasteiger partial charge in [0.25, 0.3) is 0 Å². The van der Waals surface area contributed by atoms with E-state index < -0.39 is 20.2 Å². The summed E-state index contributed by atoms with van der Waals surface area (Å²) in [6.45, 7) is -0.175. The van der Waals surface area contributed by atoms with Crippen molar-refractivity contribution in [2.45, 2.75) is 6.29 Å². The first kappa shape index (κ1) is 11.0. The second kappa shape index (κ2) is 4.15. The van der Waals surface area contributed by atoms with Crippen molar-refractivity contribution in [3.63, 3.8) is 0 Å². The topological polar surface area (TPSA) is 101 Å². The van der Waals surface area contributed by atoms with E-state index in [2.05, 4.69) is 0 Å². The summed E-state index contributed by atoms with van der Waals surface area (Å²) in [6.07, 6.45) is -2.03. The van der Waals surface area contributed by atoms with Crippen LogP contribution in [0.4, 0.5) is 0 Å². The van der Waals surface area contributed by atoms with Crippen LogP contribution in [0.2, 0.25) is 0 Å². The van der Waals surface area contributed by atoms with Crippen molar-refractivity contribution >= 4 is 7.60 Å². The number of hydrogen-bond donors (Lipinski definition) is 4. The van der Waals surface area contributed by atoms with Crippen LogP contribution in [-0.4, -0.2) is 51.1 Å². The number of rotatable bonds is 4. The molecule has 0 fully saturated rings. The Morgan fingerprint density at radius 2 is 1.91 bits per heavy atom. The minimum Gasteiger partial charge on any atom is -0.367 e. The fourth-order valence-electron chi connectivity index (χ4n) is 0.651. The number of aliphatic hydroxyl groups is 2. The van der Waals surface area contributed by atoms with E-state index in [9.17, 15) is 4.57 Å². The number of hydrogen-bond acceptors (Lipinski definition) is 4. The molecule has 0 amide bonds. The molecule has 0 radical (unpaired) electrons.